The molecule has 0 aliphatic heterocycles. The first-order valence-corrected chi connectivity index (χ1v) is 11.9. The average molecular weight is 448 g/mol. The van der Waals surface area contributed by atoms with E-state index in [4.69, 9.17) is 0 Å². The number of alkyl halides is 3. The fourth-order valence-electron chi connectivity index (χ4n) is 3.73. The van der Waals surface area contributed by atoms with E-state index in [-0.39, 0.29) is 17.7 Å². The number of thiophene rings is 1. The molecule has 1 aliphatic carbocycles. The van der Waals surface area contributed by atoms with Gasteiger partial charge in [0.1, 0.15) is 0 Å². The summed E-state index contributed by atoms with van der Waals surface area (Å²) in [4.78, 5) is 1.90. The Bertz CT molecular complexity index is 929. The molecule has 3 rings (SSSR count). The third kappa shape index (κ3) is 5.39. The van der Waals surface area contributed by atoms with Gasteiger partial charge in [-0.1, -0.05) is 25.0 Å². The molecular formula is C20H24F3NO3S2. The van der Waals surface area contributed by atoms with Crippen LogP contribution in [0, 0.1) is 0 Å². The standard InChI is InChI=1S/C20H24F3NO3S2/c1-14(25)17-8-9-18(28-17)19(10-2-3-11-19)13-24-29(26,27)12-15-4-6-16(7-5-15)20(21,22)23/h4-9,14,24-25H,2-3,10-13H2,1H3. The van der Waals surface area contributed by atoms with Crippen LogP contribution in [0.3, 0.4) is 0 Å². The molecule has 0 amide bonds. The van der Waals surface area contributed by atoms with Gasteiger partial charge in [0.2, 0.25) is 10.0 Å². The summed E-state index contributed by atoms with van der Waals surface area (Å²) in [6.45, 7) is 1.94. The Labute approximate surface area is 172 Å². The van der Waals surface area contributed by atoms with E-state index in [9.17, 15) is 26.7 Å². The molecule has 1 fully saturated rings. The first-order valence-electron chi connectivity index (χ1n) is 9.43. The van der Waals surface area contributed by atoms with Crippen LogP contribution in [0.1, 0.15) is 59.6 Å². The predicted octanol–water partition coefficient (Wildman–Crippen LogP) is 4.75. The lowest BCUT2D eigenvalue weighted by Crippen LogP contribution is -2.39. The molecule has 9 heteroatoms. The van der Waals surface area contributed by atoms with Gasteiger partial charge in [-0.05, 0) is 49.6 Å². The van der Waals surface area contributed by atoms with Gasteiger partial charge in [0.25, 0.3) is 0 Å². The minimum atomic E-state index is -4.45. The molecule has 1 aliphatic rings. The minimum Gasteiger partial charge on any atom is -0.388 e. The molecule has 160 valence electrons. The van der Waals surface area contributed by atoms with Gasteiger partial charge < -0.3 is 5.11 Å². The van der Waals surface area contributed by atoms with Gasteiger partial charge in [-0.15, -0.1) is 11.3 Å². The van der Waals surface area contributed by atoms with E-state index in [1.54, 1.807) is 6.92 Å². The molecule has 1 aromatic heterocycles. The molecule has 1 heterocycles. The third-order valence-electron chi connectivity index (χ3n) is 5.39. The van der Waals surface area contributed by atoms with Crippen molar-refractivity contribution in [2.75, 3.05) is 6.54 Å². The van der Waals surface area contributed by atoms with Crippen LogP contribution >= 0.6 is 11.3 Å². The van der Waals surface area contributed by atoms with Gasteiger partial charge >= 0.3 is 6.18 Å². The van der Waals surface area contributed by atoms with Gasteiger partial charge in [0.05, 0.1) is 17.4 Å². The van der Waals surface area contributed by atoms with Crippen LogP contribution in [0.5, 0.6) is 0 Å². The summed E-state index contributed by atoms with van der Waals surface area (Å²) < 4.78 is 65.8. The highest BCUT2D eigenvalue weighted by molar-refractivity contribution is 7.88. The van der Waals surface area contributed by atoms with Gasteiger partial charge in [-0.2, -0.15) is 13.2 Å². The zero-order valence-corrected chi connectivity index (χ0v) is 17.6. The molecule has 1 atom stereocenters. The summed E-state index contributed by atoms with van der Waals surface area (Å²) in [7, 11) is -3.70. The highest BCUT2D eigenvalue weighted by Crippen LogP contribution is 2.44. The molecule has 0 spiro atoms. The fraction of sp³-hybridized carbons (Fsp3) is 0.500. The molecule has 29 heavy (non-hydrogen) atoms. The highest BCUT2D eigenvalue weighted by atomic mass is 32.2. The summed E-state index contributed by atoms with van der Waals surface area (Å²) in [6, 6.07) is 8.02. The van der Waals surface area contributed by atoms with Crippen molar-refractivity contribution in [3.63, 3.8) is 0 Å². The van der Waals surface area contributed by atoms with Crippen molar-refractivity contribution >= 4 is 21.4 Å². The normalized spacial score (nSPS) is 18.1. The molecule has 2 aromatic rings. The first kappa shape index (κ1) is 22.3. The highest BCUT2D eigenvalue weighted by Gasteiger charge is 2.38. The van der Waals surface area contributed by atoms with E-state index in [2.05, 4.69) is 4.72 Å². The van der Waals surface area contributed by atoms with Crippen LogP contribution in [0.4, 0.5) is 13.2 Å². The quantitative estimate of drug-likeness (QED) is 0.644. The summed E-state index contributed by atoms with van der Waals surface area (Å²) in [5.41, 5.74) is -0.799. The van der Waals surface area contributed by atoms with Gasteiger partial charge in [0.15, 0.2) is 0 Å². The molecule has 2 N–H and O–H groups in total. The average Bonchev–Trinajstić information content (AvgIpc) is 3.30. The summed E-state index contributed by atoms with van der Waals surface area (Å²) in [5.74, 6) is -0.370. The van der Waals surface area contributed by atoms with Gasteiger partial charge in [-0.3, -0.25) is 0 Å². The Hall–Kier alpha value is -1.42. The molecule has 0 radical (unpaired) electrons. The van der Waals surface area contributed by atoms with E-state index in [1.165, 1.54) is 23.5 Å². The van der Waals surface area contributed by atoms with Crippen molar-refractivity contribution in [1.82, 2.24) is 4.72 Å². The second kappa shape index (κ2) is 8.37. The number of aliphatic hydroxyl groups excluding tert-OH is 1. The molecular weight excluding hydrogens is 423 g/mol. The summed E-state index contributed by atoms with van der Waals surface area (Å²) in [6.07, 6.45) is -1.30. The smallest absolute Gasteiger partial charge is 0.388 e. The predicted molar refractivity (Wildman–Crippen MR) is 107 cm³/mol. The van der Waals surface area contributed by atoms with Gasteiger partial charge in [-0.25, -0.2) is 13.1 Å². The van der Waals surface area contributed by atoms with Crippen molar-refractivity contribution in [3.05, 3.63) is 57.3 Å². The van der Waals surface area contributed by atoms with E-state index in [1.807, 2.05) is 12.1 Å². The number of hydrogen-bond donors (Lipinski definition) is 2. The second-order valence-corrected chi connectivity index (χ2v) is 10.6. The maximum Gasteiger partial charge on any atom is 0.416 e. The zero-order valence-electron chi connectivity index (χ0n) is 16.0. The Morgan fingerprint density at radius 2 is 1.76 bits per heavy atom. The Balaban J connectivity index is 1.70. The molecule has 1 aromatic carbocycles. The van der Waals surface area contributed by atoms with E-state index in [0.29, 0.717) is 5.56 Å². The fourth-order valence-corrected chi connectivity index (χ4v) is 6.15. The SMILES string of the molecule is CC(O)c1ccc(C2(CNS(=O)(=O)Cc3ccc(C(F)(F)F)cc3)CCCC2)s1. The number of nitrogens with one attached hydrogen (secondary N) is 1. The Kier molecular flexibility index (Phi) is 6.43. The number of sulfonamides is 1. The van der Waals surface area contributed by atoms with Crippen molar-refractivity contribution in [1.29, 1.82) is 0 Å². The van der Waals surface area contributed by atoms with Crippen molar-refractivity contribution in [2.24, 2.45) is 0 Å². The number of benzene rings is 1. The van der Waals surface area contributed by atoms with Crippen molar-refractivity contribution < 1.29 is 26.7 Å². The molecule has 4 nitrogen and oxygen atoms in total. The lowest BCUT2D eigenvalue weighted by Gasteiger charge is -2.28. The van der Waals surface area contributed by atoms with Crippen molar-refractivity contribution in [2.45, 2.75) is 56.1 Å². The van der Waals surface area contributed by atoms with Crippen LogP contribution in [0.25, 0.3) is 0 Å². The van der Waals surface area contributed by atoms with Crippen LogP contribution in [0.2, 0.25) is 0 Å². The Morgan fingerprint density at radius 3 is 2.28 bits per heavy atom. The maximum absolute atomic E-state index is 12.7. The van der Waals surface area contributed by atoms with Crippen LogP contribution in [-0.2, 0) is 27.4 Å². The number of halogens is 3. The van der Waals surface area contributed by atoms with E-state index >= 15 is 0 Å². The zero-order chi connectivity index (χ0) is 21.3. The van der Waals surface area contributed by atoms with E-state index in [0.717, 1.165) is 47.6 Å². The number of hydrogen-bond acceptors (Lipinski definition) is 4. The second-order valence-electron chi connectivity index (χ2n) is 7.64. The number of rotatable bonds is 7. The number of aliphatic hydroxyl groups is 1. The maximum atomic E-state index is 12.7. The minimum absolute atomic E-state index is 0.246. The van der Waals surface area contributed by atoms with Crippen LogP contribution in [0.15, 0.2) is 36.4 Å². The first-order chi connectivity index (χ1) is 13.5. The third-order valence-corrected chi connectivity index (χ3v) is 8.19. The molecule has 1 saturated carbocycles. The lowest BCUT2D eigenvalue weighted by atomic mass is 9.85. The molecule has 0 saturated heterocycles. The molecule has 0 bridgehead atoms. The summed E-state index contributed by atoms with van der Waals surface area (Å²) >= 11 is 1.50. The topological polar surface area (TPSA) is 66.4 Å². The van der Waals surface area contributed by atoms with Crippen molar-refractivity contribution in [3.8, 4) is 0 Å². The summed E-state index contributed by atoms with van der Waals surface area (Å²) in [5, 5.41) is 9.79. The van der Waals surface area contributed by atoms with Crippen LogP contribution in [-0.4, -0.2) is 20.1 Å². The van der Waals surface area contributed by atoms with Gasteiger partial charge in [0, 0.05) is 21.7 Å². The largest absolute Gasteiger partial charge is 0.416 e. The monoisotopic (exact) mass is 447 g/mol. The lowest BCUT2D eigenvalue weighted by molar-refractivity contribution is -0.137. The van der Waals surface area contributed by atoms with E-state index < -0.39 is 27.9 Å². The Morgan fingerprint density at radius 1 is 1.14 bits per heavy atom. The molecule has 1 unspecified atom stereocenters. The van der Waals surface area contributed by atoms with Crippen LogP contribution < -0.4 is 4.72 Å².